The Hall–Kier alpha value is -1.91. The minimum absolute atomic E-state index is 0.0700. The summed E-state index contributed by atoms with van der Waals surface area (Å²) in [6.07, 6.45) is 5.78. The molecule has 2 aromatic heterocycles. The van der Waals surface area contributed by atoms with Crippen molar-refractivity contribution >= 4 is 11.6 Å². The number of amides is 1. The monoisotopic (exact) mass is 230 g/mol. The van der Waals surface area contributed by atoms with Crippen LogP contribution in [0.1, 0.15) is 28.9 Å². The maximum atomic E-state index is 11.8. The Morgan fingerprint density at radius 1 is 1.59 bits per heavy atom. The van der Waals surface area contributed by atoms with Crippen LogP contribution in [-0.4, -0.2) is 27.0 Å². The van der Waals surface area contributed by atoms with Crippen LogP contribution in [0, 0.1) is 12.8 Å². The summed E-state index contributed by atoms with van der Waals surface area (Å²) in [5.41, 5.74) is 2.22. The molecule has 88 valence electrons. The van der Waals surface area contributed by atoms with Gasteiger partial charge >= 0.3 is 0 Å². The van der Waals surface area contributed by atoms with E-state index in [2.05, 4.69) is 15.4 Å². The predicted molar refractivity (Wildman–Crippen MR) is 62.8 cm³/mol. The van der Waals surface area contributed by atoms with Gasteiger partial charge in [0.25, 0.3) is 5.91 Å². The van der Waals surface area contributed by atoms with Gasteiger partial charge in [0.2, 0.25) is 0 Å². The molecule has 1 N–H and O–H groups in total. The highest BCUT2D eigenvalue weighted by Crippen LogP contribution is 2.27. The quantitative estimate of drug-likeness (QED) is 0.861. The van der Waals surface area contributed by atoms with Gasteiger partial charge in [-0.05, 0) is 25.7 Å². The van der Waals surface area contributed by atoms with Crippen LogP contribution in [0.2, 0.25) is 0 Å². The molecular formula is C12H14N4O. The van der Waals surface area contributed by atoms with Gasteiger partial charge in [0.1, 0.15) is 0 Å². The SMILES string of the molecule is Cc1cc2ncc(C(=O)NCC3CC3)cn2n1. The van der Waals surface area contributed by atoms with Crippen molar-refractivity contribution in [2.75, 3.05) is 6.54 Å². The molecule has 17 heavy (non-hydrogen) atoms. The number of aromatic nitrogens is 3. The summed E-state index contributed by atoms with van der Waals surface area (Å²) >= 11 is 0. The van der Waals surface area contributed by atoms with Gasteiger partial charge in [-0.25, -0.2) is 9.50 Å². The van der Waals surface area contributed by atoms with Crippen molar-refractivity contribution in [3.8, 4) is 0 Å². The normalized spacial score (nSPS) is 15.1. The van der Waals surface area contributed by atoms with Crippen LogP contribution in [0.4, 0.5) is 0 Å². The van der Waals surface area contributed by atoms with Crippen LogP contribution in [0.25, 0.3) is 5.65 Å². The zero-order valence-electron chi connectivity index (χ0n) is 9.68. The van der Waals surface area contributed by atoms with E-state index in [1.807, 2.05) is 13.0 Å². The standard InChI is InChI=1S/C12H14N4O/c1-8-4-11-13-6-10(7-16(11)15-8)12(17)14-5-9-2-3-9/h4,6-7,9H,2-3,5H2,1H3,(H,14,17). The molecule has 5 nitrogen and oxygen atoms in total. The van der Waals surface area contributed by atoms with E-state index in [0.717, 1.165) is 17.9 Å². The highest BCUT2D eigenvalue weighted by molar-refractivity contribution is 5.93. The van der Waals surface area contributed by atoms with E-state index in [1.54, 1.807) is 16.9 Å². The number of carbonyl (C=O) groups is 1. The molecule has 1 fully saturated rings. The third-order valence-electron chi connectivity index (χ3n) is 2.95. The van der Waals surface area contributed by atoms with Gasteiger partial charge in [-0.15, -0.1) is 0 Å². The molecule has 1 saturated carbocycles. The first kappa shape index (κ1) is 10.3. The Kier molecular flexibility index (Phi) is 2.31. The molecule has 3 rings (SSSR count). The van der Waals surface area contributed by atoms with E-state index in [1.165, 1.54) is 12.8 Å². The van der Waals surface area contributed by atoms with Gasteiger partial charge < -0.3 is 5.32 Å². The molecule has 0 aliphatic heterocycles. The minimum Gasteiger partial charge on any atom is -0.352 e. The molecule has 0 unspecified atom stereocenters. The van der Waals surface area contributed by atoms with E-state index < -0.39 is 0 Å². The topological polar surface area (TPSA) is 59.3 Å². The number of aryl methyl sites for hydroxylation is 1. The number of hydrogen-bond acceptors (Lipinski definition) is 3. The first-order valence-corrected chi connectivity index (χ1v) is 5.82. The van der Waals surface area contributed by atoms with Crippen molar-refractivity contribution in [2.24, 2.45) is 5.92 Å². The molecule has 0 atom stereocenters. The fraction of sp³-hybridized carbons (Fsp3) is 0.417. The molecule has 5 heteroatoms. The molecule has 2 aromatic rings. The van der Waals surface area contributed by atoms with Gasteiger partial charge in [-0.3, -0.25) is 4.79 Å². The average Bonchev–Trinajstić information content (AvgIpc) is 3.06. The van der Waals surface area contributed by atoms with Crippen LogP contribution < -0.4 is 5.32 Å². The molecule has 2 heterocycles. The van der Waals surface area contributed by atoms with E-state index in [4.69, 9.17) is 0 Å². The average molecular weight is 230 g/mol. The fourth-order valence-electron chi connectivity index (χ4n) is 1.77. The van der Waals surface area contributed by atoms with E-state index in [9.17, 15) is 4.79 Å². The maximum absolute atomic E-state index is 11.8. The van der Waals surface area contributed by atoms with E-state index >= 15 is 0 Å². The number of hydrogen-bond donors (Lipinski definition) is 1. The summed E-state index contributed by atoms with van der Waals surface area (Å²) in [4.78, 5) is 16.0. The van der Waals surface area contributed by atoms with E-state index in [0.29, 0.717) is 11.5 Å². The number of carbonyl (C=O) groups excluding carboxylic acids is 1. The zero-order chi connectivity index (χ0) is 11.8. The van der Waals surface area contributed by atoms with Crippen molar-refractivity contribution < 1.29 is 4.79 Å². The molecular weight excluding hydrogens is 216 g/mol. The maximum Gasteiger partial charge on any atom is 0.254 e. The van der Waals surface area contributed by atoms with Crippen molar-refractivity contribution in [3.05, 3.63) is 29.7 Å². The van der Waals surface area contributed by atoms with Crippen LogP contribution in [-0.2, 0) is 0 Å². The molecule has 1 aliphatic rings. The van der Waals surface area contributed by atoms with Gasteiger partial charge in [-0.2, -0.15) is 5.10 Å². The first-order chi connectivity index (χ1) is 8.22. The summed E-state index contributed by atoms with van der Waals surface area (Å²) in [7, 11) is 0. The van der Waals surface area contributed by atoms with Gasteiger partial charge in [0.05, 0.1) is 11.3 Å². The second-order valence-electron chi connectivity index (χ2n) is 4.58. The number of nitrogens with one attached hydrogen (secondary N) is 1. The molecule has 1 aliphatic carbocycles. The highest BCUT2D eigenvalue weighted by atomic mass is 16.1. The smallest absolute Gasteiger partial charge is 0.254 e. The first-order valence-electron chi connectivity index (χ1n) is 5.82. The van der Waals surface area contributed by atoms with Crippen molar-refractivity contribution in [3.63, 3.8) is 0 Å². The summed E-state index contributed by atoms with van der Waals surface area (Å²) in [6.45, 7) is 2.68. The van der Waals surface area contributed by atoms with Crippen LogP contribution in [0.15, 0.2) is 18.5 Å². The minimum atomic E-state index is -0.0700. The predicted octanol–water partition coefficient (Wildman–Crippen LogP) is 1.18. The lowest BCUT2D eigenvalue weighted by Crippen LogP contribution is -2.25. The summed E-state index contributed by atoms with van der Waals surface area (Å²) in [6, 6.07) is 1.88. The van der Waals surface area contributed by atoms with Crippen molar-refractivity contribution in [2.45, 2.75) is 19.8 Å². The molecule has 0 aromatic carbocycles. The Balaban J connectivity index is 1.80. The summed E-state index contributed by atoms with van der Waals surface area (Å²) in [5.74, 6) is 0.613. The highest BCUT2D eigenvalue weighted by Gasteiger charge is 2.22. The van der Waals surface area contributed by atoms with Crippen LogP contribution in [0.3, 0.4) is 0 Å². The lowest BCUT2D eigenvalue weighted by molar-refractivity contribution is 0.0951. The van der Waals surface area contributed by atoms with Crippen LogP contribution in [0.5, 0.6) is 0 Å². The molecule has 0 bridgehead atoms. The Bertz CT molecular complexity index is 571. The molecule has 1 amide bonds. The van der Waals surface area contributed by atoms with Crippen molar-refractivity contribution in [1.29, 1.82) is 0 Å². The largest absolute Gasteiger partial charge is 0.352 e. The lowest BCUT2D eigenvalue weighted by Gasteiger charge is -2.03. The van der Waals surface area contributed by atoms with Crippen molar-refractivity contribution in [1.82, 2.24) is 19.9 Å². The summed E-state index contributed by atoms with van der Waals surface area (Å²) < 4.78 is 1.64. The molecule has 0 radical (unpaired) electrons. The Labute approximate surface area is 98.9 Å². The Morgan fingerprint density at radius 3 is 3.18 bits per heavy atom. The molecule has 0 spiro atoms. The Morgan fingerprint density at radius 2 is 2.41 bits per heavy atom. The number of nitrogens with zero attached hydrogens (tertiary/aromatic N) is 3. The third-order valence-corrected chi connectivity index (χ3v) is 2.95. The molecule has 0 saturated heterocycles. The number of fused-ring (bicyclic) bond motifs is 1. The summed E-state index contributed by atoms with van der Waals surface area (Å²) in [5, 5.41) is 7.15. The van der Waals surface area contributed by atoms with Gasteiger partial charge in [0.15, 0.2) is 5.65 Å². The lowest BCUT2D eigenvalue weighted by atomic mass is 10.3. The third kappa shape index (κ3) is 2.13. The van der Waals surface area contributed by atoms with Crippen LogP contribution >= 0.6 is 0 Å². The van der Waals surface area contributed by atoms with E-state index in [-0.39, 0.29) is 5.91 Å². The number of rotatable bonds is 3. The second-order valence-corrected chi connectivity index (χ2v) is 4.58. The fourth-order valence-corrected chi connectivity index (χ4v) is 1.77. The zero-order valence-corrected chi connectivity index (χ0v) is 9.68. The van der Waals surface area contributed by atoms with Gasteiger partial charge in [-0.1, -0.05) is 0 Å². The second kappa shape index (κ2) is 3.84. The van der Waals surface area contributed by atoms with Gasteiger partial charge in [0, 0.05) is 25.0 Å².